The number of aromatic nitrogens is 4. The highest BCUT2D eigenvalue weighted by atomic mass is 32.1. The number of benzene rings is 9. The predicted molar refractivity (Wildman–Crippen MR) is 269 cm³/mol. The molecule has 298 valence electrons. The minimum absolute atomic E-state index is 0.695. The van der Waals surface area contributed by atoms with Crippen LogP contribution >= 0.6 is 11.3 Å². The van der Waals surface area contributed by atoms with E-state index in [-0.39, 0.29) is 0 Å². The van der Waals surface area contributed by atoms with Gasteiger partial charge < -0.3 is 4.57 Å². The topological polar surface area (TPSA) is 43.6 Å². The minimum Gasteiger partial charge on any atom is -0.309 e. The number of para-hydroxylation sites is 3. The Hall–Kier alpha value is -8.25. The molecule has 0 aliphatic heterocycles. The van der Waals surface area contributed by atoms with Crippen molar-refractivity contribution in [2.45, 2.75) is 0 Å². The average Bonchev–Trinajstić information content (AvgIpc) is 3.92. The van der Waals surface area contributed by atoms with Crippen molar-refractivity contribution in [3.8, 4) is 62.0 Å². The van der Waals surface area contributed by atoms with Crippen LogP contribution in [0.25, 0.3) is 126 Å². The molecule has 0 amide bonds. The average molecular weight is 833 g/mol. The Morgan fingerprint density at radius 1 is 0.344 bits per heavy atom. The van der Waals surface area contributed by atoms with E-state index in [0.717, 1.165) is 61.6 Å². The van der Waals surface area contributed by atoms with Gasteiger partial charge in [-0.1, -0.05) is 158 Å². The number of pyridine rings is 1. The lowest BCUT2D eigenvalue weighted by Crippen LogP contribution is -1.96. The fourth-order valence-corrected chi connectivity index (χ4v) is 10.8. The largest absolute Gasteiger partial charge is 0.309 e. The van der Waals surface area contributed by atoms with Gasteiger partial charge in [0.1, 0.15) is 0 Å². The summed E-state index contributed by atoms with van der Waals surface area (Å²) in [6.45, 7) is 0. The van der Waals surface area contributed by atoms with Crippen LogP contribution in [0, 0.1) is 0 Å². The van der Waals surface area contributed by atoms with Crippen molar-refractivity contribution in [2.24, 2.45) is 0 Å². The summed E-state index contributed by atoms with van der Waals surface area (Å²) in [4.78, 5) is 15.7. The molecule has 0 bridgehead atoms. The number of fused-ring (bicyclic) bond motifs is 10. The molecule has 0 atom stereocenters. The maximum atomic E-state index is 5.27. The molecule has 4 nitrogen and oxygen atoms in total. The number of rotatable bonds is 6. The van der Waals surface area contributed by atoms with Crippen molar-refractivity contribution in [2.75, 3.05) is 0 Å². The van der Waals surface area contributed by atoms with Crippen molar-refractivity contribution in [3.05, 3.63) is 218 Å². The van der Waals surface area contributed by atoms with Crippen molar-refractivity contribution < 1.29 is 0 Å². The molecule has 4 aromatic heterocycles. The fraction of sp³-hybridized carbons (Fsp3) is 0. The summed E-state index contributed by atoms with van der Waals surface area (Å²) in [5.74, 6) is 0.695. The lowest BCUT2D eigenvalue weighted by atomic mass is 9.97. The third kappa shape index (κ3) is 5.93. The molecular weight excluding hydrogens is 797 g/mol. The van der Waals surface area contributed by atoms with E-state index in [9.17, 15) is 0 Å². The number of thiophene rings is 1. The first-order chi connectivity index (χ1) is 31.7. The van der Waals surface area contributed by atoms with E-state index >= 15 is 0 Å². The van der Waals surface area contributed by atoms with Gasteiger partial charge >= 0.3 is 0 Å². The van der Waals surface area contributed by atoms with E-state index < -0.39 is 0 Å². The molecule has 0 saturated heterocycles. The lowest BCUT2D eigenvalue weighted by molar-refractivity contribution is 1.17. The number of nitrogens with zero attached hydrogens (tertiary/aromatic N) is 4. The van der Waals surface area contributed by atoms with Gasteiger partial charge in [0.25, 0.3) is 0 Å². The van der Waals surface area contributed by atoms with Gasteiger partial charge in [-0.3, -0.25) is 0 Å². The fourth-order valence-electron chi connectivity index (χ4n) is 9.55. The highest BCUT2D eigenvalue weighted by Crippen LogP contribution is 2.44. The molecule has 9 aromatic carbocycles. The molecule has 13 rings (SSSR count). The molecule has 0 aliphatic carbocycles. The number of hydrogen-bond acceptors (Lipinski definition) is 4. The smallest absolute Gasteiger partial charge is 0.160 e. The highest BCUT2D eigenvalue weighted by molar-refractivity contribution is 7.26. The second-order valence-electron chi connectivity index (χ2n) is 16.3. The third-order valence-electron chi connectivity index (χ3n) is 12.6. The Balaban J connectivity index is 0.907. The summed E-state index contributed by atoms with van der Waals surface area (Å²) in [5.41, 5.74) is 13.8. The zero-order chi connectivity index (χ0) is 42.1. The van der Waals surface area contributed by atoms with Crippen LogP contribution in [0.1, 0.15) is 0 Å². The molecule has 0 radical (unpaired) electrons. The Morgan fingerprint density at radius 2 is 0.922 bits per heavy atom. The first-order valence-electron chi connectivity index (χ1n) is 21.6. The number of hydrogen-bond donors (Lipinski definition) is 0. The van der Waals surface area contributed by atoms with E-state index in [2.05, 4.69) is 217 Å². The molecule has 0 fully saturated rings. The van der Waals surface area contributed by atoms with Gasteiger partial charge in [-0.25, -0.2) is 15.0 Å². The molecule has 64 heavy (non-hydrogen) atoms. The second kappa shape index (κ2) is 14.7. The van der Waals surface area contributed by atoms with E-state index in [0.29, 0.717) is 5.82 Å². The summed E-state index contributed by atoms with van der Waals surface area (Å²) in [5, 5.41) is 8.54. The monoisotopic (exact) mass is 832 g/mol. The lowest BCUT2D eigenvalue weighted by Gasteiger charge is -2.11. The molecule has 0 unspecified atom stereocenters. The zero-order valence-electron chi connectivity index (χ0n) is 34.5. The Morgan fingerprint density at radius 3 is 1.70 bits per heavy atom. The molecule has 13 aromatic rings. The zero-order valence-corrected chi connectivity index (χ0v) is 35.3. The molecule has 5 heteroatoms. The first-order valence-corrected chi connectivity index (χ1v) is 22.4. The Labute approximate surface area is 373 Å². The van der Waals surface area contributed by atoms with Crippen LogP contribution in [0.15, 0.2) is 218 Å². The van der Waals surface area contributed by atoms with E-state index in [1.165, 1.54) is 58.2 Å². The third-order valence-corrected chi connectivity index (χ3v) is 13.8. The quantitative estimate of drug-likeness (QED) is 0.157. The van der Waals surface area contributed by atoms with Crippen LogP contribution in [-0.2, 0) is 0 Å². The minimum atomic E-state index is 0.695. The maximum absolute atomic E-state index is 5.27. The SMILES string of the molecule is c1ccc(-c2cc(-c3ccc(-c4ccc5sc6c(ccc7c(-c8ccccc8)nc8ccccc8c76)c5c4)cc3)nc(-c3ccc4c(c3)c3ccccc3n4-c3ccccc3)n2)cc1. The van der Waals surface area contributed by atoms with Crippen LogP contribution in [-0.4, -0.2) is 19.5 Å². The molecule has 4 heterocycles. The first kappa shape index (κ1) is 36.4. The van der Waals surface area contributed by atoms with Gasteiger partial charge in [-0.05, 0) is 71.8 Å². The van der Waals surface area contributed by atoms with Gasteiger partial charge in [-0.2, -0.15) is 0 Å². The van der Waals surface area contributed by atoms with Crippen LogP contribution in [0.3, 0.4) is 0 Å². The van der Waals surface area contributed by atoms with E-state index in [1.54, 1.807) is 0 Å². The van der Waals surface area contributed by atoms with Crippen LogP contribution < -0.4 is 0 Å². The van der Waals surface area contributed by atoms with Crippen molar-refractivity contribution in [3.63, 3.8) is 0 Å². The molecule has 0 N–H and O–H groups in total. The van der Waals surface area contributed by atoms with E-state index in [1.807, 2.05) is 17.4 Å². The van der Waals surface area contributed by atoms with Gasteiger partial charge in [0, 0.05) is 75.0 Å². The standard InChI is InChI=1S/C59H36N4S/c1-4-14-38(15-5-1)51-36-52(62-59(61-51)42-28-32-54-48(35-42)44-20-11-13-23-53(44)63(54)43-18-8-3-9-19-43)39-26-24-37(25-27-39)41-29-33-55-49(34-41)45-30-31-47-56(58(45)64-55)46-21-10-12-22-50(46)60-57(47)40-16-6-2-7-17-40/h1-36H. The van der Waals surface area contributed by atoms with Crippen LogP contribution in [0.2, 0.25) is 0 Å². The van der Waals surface area contributed by atoms with Crippen molar-refractivity contribution in [1.82, 2.24) is 19.5 Å². The molecule has 0 aliphatic rings. The summed E-state index contributed by atoms with van der Waals surface area (Å²) >= 11 is 1.87. The molecule has 0 spiro atoms. The van der Waals surface area contributed by atoms with Gasteiger partial charge in [0.05, 0.1) is 33.6 Å². The summed E-state index contributed by atoms with van der Waals surface area (Å²) in [7, 11) is 0. The Kier molecular flexibility index (Phi) is 8.36. The normalized spacial score (nSPS) is 11.8. The Bertz CT molecular complexity index is 3930. The van der Waals surface area contributed by atoms with Crippen molar-refractivity contribution in [1.29, 1.82) is 0 Å². The summed E-state index contributed by atoms with van der Waals surface area (Å²) in [6, 6.07) is 77.7. The van der Waals surface area contributed by atoms with Crippen LogP contribution in [0.4, 0.5) is 0 Å². The van der Waals surface area contributed by atoms with Crippen LogP contribution in [0.5, 0.6) is 0 Å². The predicted octanol–water partition coefficient (Wildman–Crippen LogP) is 16.0. The van der Waals surface area contributed by atoms with Gasteiger partial charge in [0.15, 0.2) is 5.82 Å². The maximum Gasteiger partial charge on any atom is 0.160 e. The van der Waals surface area contributed by atoms with E-state index in [4.69, 9.17) is 15.0 Å². The van der Waals surface area contributed by atoms with Gasteiger partial charge in [-0.15, -0.1) is 11.3 Å². The van der Waals surface area contributed by atoms with Crippen molar-refractivity contribution >= 4 is 75.0 Å². The second-order valence-corrected chi connectivity index (χ2v) is 17.4. The highest BCUT2D eigenvalue weighted by Gasteiger charge is 2.18. The summed E-state index contributed by atoms with van der Waals surface area (Å²) in [6.07, 6.45) is 0. The summed E-state index contributed by atoms with van der Waals surface area (Å²) < 4.78 is 4.91. The molecule has 0 saturated carbocycles. The van der Waals surface area contributed by atoms with Gasteiger partial charge in [0.2, 0.25) is 0 Å². The molecular formula is C59H36N4S.